The van der Waals surface area contributed by atoms with Gasteiger partial charge in [0.1, 0.15) is 0 Å². The van der Waals surface area contributed by atoms with Crippen molar-refractivity contribution < 1.29 is 14.0 Å². The smallest absolute Gasteiger partial charge is 0.291 e. The molecule has 1 fully saturated rings. The van der Waals surface area contributed by atoms with Gasteiger partial charge in [0.2, 0.25) is 0 Å². The zero-order valence-electron chi connectivity index (χ0n) is 16.1. The Morgan fingerprint density at radius 2 is 1.72 bits per heavy atom. The lowest BCUT2D eigenvalue weighted by Crippen LogP contribution is -2.23. The quantitative estimate of drug-likeness (QED) is 0.667. The zero-order chi connectivity index (χ0) is 20.1. The van der Waals surface area contributed by atoms with E-state index in [4.69, 9.17) is 4.42 Å². The van der Waals surface area contributed by atoms with E-state index in [1.165, 1.54) is 24.8 Å². The molecule has 2 heterocycles. The van der Waals surface area contributed by atoms with Crippen LogP contribution < -0.4 is 15.5 Å². The van der Waals surface area contributed by atoms with Crippen molar-refractivity contribution in [3.8, 4) is 0 Å². The molecular weight excluding hydrogens is 366 g/mol. The van der Waals surface area contributed by atoms with Crippen LogP contribution in [0.5, 0.6) is 0 Å². The van der Waals surface area contributed by atoms with Gasteiger partial charge in [0, 0.05) is 36.6 Å². The number of anilines is 2. The predicted molar refractivity (Wildman–Crippen MR) is 112 cm³/mol. The van der Waals surface area contributed by atoms with E-state index in [0.29, 0.717) is 17.8 Å². The summed E-state index contributed by atoms with van der Waals surface area (Å²) in [6, 6.07) is 18.4. The first-order chi connectivity index (χ1) is 14.2. The summed E-state index contributed by atoms with van der Waals surface area (Å²) in [5.41, 5.74) is 3.30. The fourth-order valence-electron chi connectivity index (χ4n) is 3.42. The molecule has 29 heavy (non-hydrogen) atoms. The Labute approximate surface area is 169 Å². The largest absolute Gasteiger partial charge is 0.459 e. The fraction of sp³-hybridized carbons (Fsp3) is 0.217. The summed E-state index contributed by atoms with van der Waals surface area (Å²) in [6.45, 7) is 2.67. The molecule has 0 saturated carbocycles. The van der Waals surface area contributed by atoms with Gasteiger partial charge in [0.15, 0.2) is 5.76 Å². The van der Waals surface area contributed by atoms with Crippen molar-refractivity contribution in [3.05, 3.63) is 83.8 Å². The van der Waals surface area contributed by atoms with Crippen molar-refractivity contribution in [1.82, 2.24) is 5.32 Å². The Kier molecular flexibility index (Phi) is 5.61. The van der Waals surface area contributed by atoms with Crippen LogP contribution in [-0.2, 0) is 6.54 Å². The number of hydrogen-bond donors (Lipinski definition) is 2. The minimum absolute atomic E-state index is 0.192. The van der Waals surface area contributed by atoms with Gasteiger partial charge < -0.3 is 20.0 Å². The average molecular weight is 389 g/mol. The lowest BCUT2D eigenvalue weighted by molar-refractivity contribution is 0.0949. The van der Waals surface area contributed by atoms with Crippen molar-refractivity contribution in [3.63, 3.8) is 0 Å². The molecule has 2 aromatic carbocycles. The van der Waals surface area contributed by atoms with Gasteiger partial charge in [0.25, 0.3) is 11.8 Å². The number of amides is 2. The van der Waals surface area contributed by atoms with Crippen molar-refractivity contribution in [2.75, 3.05) is 23.3 Å². The van der Waals surface area contributed by atoms with E-state index in [0.717, 1.165) is 18.7 Å². The third kappa shape index (κ3) is 4.66. The predicted octanol–water partition coefficient (Wildman–Crippen LogP) is 4.06. The van der Waals surface area contributed by atoms with Crippen molar-refractivity contribution in [2.45, 2.75) is 19.4 Å². The first-order valence-corrected chi connectivity index (χ1v) is 9.76. The number of rotatable bonds is 6. The molecular formula is C23H23N3O3. The van der Waals surface area contributed by atoms with Crippen LogP contribution in [0.1, 0.15) is 39.3 Å². The van der Waals surface area contributed by atoms with Gasteiger partial charge in [-0.3, -0.25) is 9.59 Å². The summed E-state index contributed by atoms with van der Waals surface area (Å²) in [7, 11) is 0. The summed E-state index contributed by atoms with van der Waals surface area (Å²) < 4.78 is 5.08. The van der Waals surface area contributed by atoms with Crippen LogP contribution >= 0.6 is 0 Å². The molecule has 148 valence electrons. The average Bonchev–Trinajstić information content (AvgIpc) is 3.47. The second kappa shape index (κ2) is 8.65. The molecule has 0 radical (unpaired) electrons. The lowest BCUT2D eigenvalue weighted by atomic mass is 10.1. The molecule has 0 bridgehead atoms. The van der Waals surface area contributed by atoms with Crippen LogP contribution in [-0.4, -0.2) is 24.9 Å². The molecule has 1 aliphatic heterocycles. The molecule has 0 unspecified atom stereocenters. The number of benzene rings is 2. The third-order valence-electron chi connectivity index (χ3n) is 4.99. The van der Waals surface area contributed by atoms with Gasteiger partial charge in [-0.05, 0) is 60.9 Å². The first kappa shape index (κ1) is 18.8. The Morgan fingerprint density at radius 3 is 2.45 bits per heavy atom. The van der Waals surface area contributed by atoms with Gasteiger partial charge >= 0.3 is 0 Å². The summed E-state index contributed by atoms with van der Waals surface area (Å²) in [6.07, 6.45) is 3.94. The van der Waals surface area contributed by atoms with E-state index in [-0.39, 0.29) is 17.6 Å². The number of furan rings is 1. The fourth-order valence-corrected chi connectivity index (χ4v) is 3.42. The molecule has 2 amide bonds. The van der Waals surface area contributed by atoms with Gasteiger partial charge in [-0.1, -0.05) is 18.2 Å². The van der Waals surface area contributed by atoms with E-state index < -0.39 is 0 Å². The molecule has 6 heteroatoms. The normalized spacial score (nSPS) is 13.3. The van der Waals surface area contributed by atoms with E-state index >= 15 is 0 Å². The second-order valence-electron chi connectivity index (χ2n) is 7.06. The lowest BCUT2D eigenvalue weighted by Gasteiger charge is -2.17. The summed E-state index contributed by atoms with van der Waals surface area (Å²) in [5, 5.41) is 5.66. The number of nitrogens with one attached hydrogen (secondary N) is 2. The first-order valence-electron chi connectivity index (χ1n) is 9.76. The van der Waals surface area contributed by atoms with Gasteiger partial charge in [0.05, 0.1) is 6.26 Å². The van der Waals surface area contributed by atoms with Crippen molar-refractivity contribution in [2.24, 2.45) is 0 Å². The Bertz CT molecular complexity index is 975. The summed E-state index contributed by atoms with van der Waals surface area (Å²) in [4.78, 5) is 27.0. The molecule has 1 aliphatic rings. The highest BCUT2D eigenvalue weighted by Crippen LogP contribution is 2.20. The number of nitrogens with zero attached hydrogens (tertiary/aromatic N) is 1. The minimum Gasteiger partial charge on any atom is -0.459 e. The van der Waals surface area contributed by atoms with E-state index in [1.807, 2.05) is 12.1 Å². The summed E-state index contributed by atoms with van der Waals surface area (Å²) in [5.74, 6) is -0.328. The maximum Gasteiger partial charge on any atom is 0.291 e. The molecule has 0 aliphatic carbocycles. The summed E-state index contributed by atoms with van der Waals surface area (Å²) >= 11 is 0. The van der Waals surface area contributed by atoms with Crippen LogP contribution in [0.15, 0.2) is 71.3 Å². The molecule has 1 saturated heterocycles. The maximum atomic E-state index is 12.5. The van der Waals surface area contributed by atoms with Gasteiger partial charge in [-0.2, -0.15) is 0 Å². The highest BCUT2D eigenvalue weighted by Gasteiger charge is 2.13. The van der Waals surface area contributed by atoms with Crippen LogP contribution in [0.25, 0.3) is 0 Å². The molecule has 6 nitrogen and oxygen atoms in total. The zero-order valence-corrected chi connectivity index (χ0v) is 16.1. The van der Waals surface area contributed by atoms with E-state index in [2.05, 4.69) is 27.7 Å². The highest BCUT2D eigenvalue weighted by molar-refractivity contribution is 6.03. The number of hydrogen-bond acceptors (Lipinski definition) is 4. The number of carbonyl (C=O) groups excluding carboxylic acids is 2. The third-order valence-corrected chi connectivity index (χ3v) is 4.99. The maximum absolute atomic E-state index is 12.5. The van der Waals surface area contributed by atoms with Crippen molar-refractivity contribution in [1.29, 1.82) is 0 Å². The molecule has 0 atom stereocenters. The topological polar surface area (TPSA) is 74.6 Å². The van der Waals surface area contributed by atoms with E-state index in [9.17, 15) is 9.59 Å². The van der Waals surface area contributed by atoms with Crippen molar-refractivity contribution >= 4 is 23.2 Å². The van der Waals surface area contributed by atoms with Crippen LogP contribution in [0.3, 0.4) is 0 Å². The minimum atomic E-state index is -0.356. The monoisotopic (exact) mass is 389 g/mol. The standard InChI is InChI=1S/C23H23N3O3/c27-22(24-16-17-8-10-20(11-9-17)26-12-1-2-13-26)18-5-3-6-19(15-18)25-23(28)21-7-4-14-29-21/h3-11,14-15H,1-2,12-13,16H2,(H,24,27)(H,25,28). The molecule has 3 aromatic rings. The highest BCUT2D eigenvalue weighted by atomic mass is 16.3. The van der Waals surface area contributed by atoms with Gasteiger partial charge in [-0.15, -0.1) is 0 Å². The SMILES string of the molecule is O=C(NCc1ccc(N2CCCC2)cc1)c1cccc(NC(=O)c2ccco2)c1. The number of carbonyl (C=O) groups is 2. The Hall–Kier alpha value is -3.54. The molecule has 1 aromatic heterocycles. The molecule has 4 rings (SSSR count). The Balaban J connectivity index is 1.34. The molecule has 0 spiro atoms. The second-order valence-corrected chi connectivity index (χ2v) is 7.06. The van der Waals surface area contributed by atoms with Gasteiger partial charge in [-0.25, -0.2) is 0 Å². The van der Waals surface area contributed by atoms with Crippen LogP contribution in [0.4, 0.5) is 11.4 Å². The Morgan fingerprint density at radius 1 is 0.931 bits per heavy atom. The van der Waals surface area contributed by atoms with E-state index in [1.54, 1.807) is 36.4 Å². The van der Waals surface area contributed by atoms with Crippen LogP contribution in [0, 0.1) is 0 Å². The van der Waals surface area contributed by atoms with Crippen LogP contribution in [0.2, 0.25) is 0 Å². The molecule has 2 N–H and O–H groups in total.